The Kier molecular flexibility index (Phi) is 21.0. The van der Waals surface area contributed by atoms with E-state index in [4.69, 9.17) is 23.7 Å². The normalized spacial score (nSPS) is 19.8. The first-order valence-corrected chi connectivity index (χ1v) is 36.3. The van der Waals surface area contributed by atoms with Crippen LogP contribution in [-0.4, -0.2) is 151 Å². The van der Waals surface area contributed by atoms with Crippen molar-refractivity contribution in [2.75, 3.05) is 63.9 Å². The first-order valence-electron chi connectivity index (χ1n) is 36.3. The zero-order valence-electron chi connectivity index (χ0n) is 59.6. The summed E-state index contributed by atoms with van der Waals surface area (Å²) >= 11 is 0. The van der Waals surface area contributed by atoms with E-state index in [9.17, 15) is 48.3 Å². The van der Waals surface area contributed by atoms with Gasteiger partial charge in [0.1, 0.15) is 12.4 Å². The molecule has 0 aromatic heterocycles. The van der Waals surface area contributed by atoms with Crippen molar-refractivity contribution in [1.82, 2.24) is 36.4 Å². The van der Waals surface area contributed by atoms with Gasteiger partial charge in [-0.3, -0.25) is 43.4 Å². The summed E-state index contributed by atoms with van der Waals surface area (Å²) < 4.78 is 30.0. The van der Waals surface area contributed by atoms with Crippen LogP contribution in [-0.2, 0) is 59.5 Å². The SMILES string of the molecule is COc1cc2c(cc1OCCCCCOc1cc3c(cc1OC)C(=O)N1CC4(CC4)C[C@H]1C(O)N3C(=O)OCc1ccc(CC(=O)[C@H](C)NC(=O)[C@@H](CC(=O)CNC(=O)CCC(=O)CCC(=O)N3Cc4ccccc4C4=C(c5ccccc53)N(C)NN4)C(C)C)cc1)CC[C@@H]1CC3(CC3)CN1C2=O. The largest absolute Gasteiger partial charge is 0.493 e. The molecule has 2 spiro atoms. The number of amides is 6. The van der Waals surface area contributed by atoms with Crippen molar-refractivity contribution < 1.29 is 71.9 Å². The maximum Gasteiger partial charge on any atom is 0.416 e. The number of ether oxygens (including phenoxy) is 5. The Bertz CT molecular complexity index is 4180. The van der Waals surface area contributed by atoms with Crippen LogP contribution < -0.4 is 50.3 Å². The van der Waals surface area contributed by atoms with Crippen LogP contribution in [0.1, 0.15) is 171 Å². The van der Waals surface area contributed by atoms with Gasteiger partial charge >= 0.3 is 6.09 Å². The van der Waals surface area contributed by atoms with E-state index in [2.05, 4.69) is 26.5 Å². The second-order valence-corrected chi connectivity index (χ2v) is 29.6. The molecule has 13 rings (SSSR count). The minimum absolute atomic E-state index is 0.0462. The summed E-state index contributed by atoms with van der Waals surface area (Å²) in [5.74, 6) is -1.88. The number of hydrogen-bond acceptors (Lipinski definition) is 18. The lowest BCUT2D eigenvalue weighted by molar-refractivity contribution is -0.133. The number of nitrogens with zero attached hydrogens (tertiary/aromatic N) is 5. The number of unbranched alkanes of at least 4 members (excludes halogenated alkanes) is 2. The molecule has 0 bridgehead atoms. The van der Waals surface area contributed by atoms with Gasteiger partial charge in [-0.15, -0.1) is 5.53 Å². The molecule has 8 aliphatic rings. The Morgan fingerprint density at radius 3 is 2.02 bits per heavy atom. The molecule has 6 amide bonds. The Morgan fingerprint density at radius 2 is 1.31 bits per heavy atom. The lowest BCUT2D eigenvalue weighted by Gasteiger charge is -2.31. The summed E-state index contributed by atoms with van der Waals surface area (Å²) in [6.45, 7) is 6.84. The van der Waals surface area contributed by atoms with E-state index in [1.165, 1.54) is 20.0 Å². The molecule has 5 atom stereocenters. The molecule has 2 saturated carbocycles. The molecule has 5 N–H and O–H groups in total. The number of hydrazine groups is 2. The Balaban J connectivity index is 0.555. The van der Waals surface area contributed by atoms with Crippen LogP contribution in [0.3, 0.4) is 0 Å². The van der Waals surface area contributed by atoms with Crippen LogP contribution >= 0.6 is 0 Å². The number of ketones is 3. The average molecular weight is 1410 g/mol. The quantitative estimate of drug-likeness (QED) is 0.0292. The highest BCUT2D eigenvalue weighted by atomic mass is 16.6. The van der Waals surface area contributed by atoms with E-state index in [-0.39, 0.29) is 134 Å². The molecular weight excluding hydrogens is 1310 g/mol. The van der Waals surface area contributed by atoms with Crippen LogP contribution in [0.4, 0.5) is 16.2 Å². The van der Waals surface area contributed by atoms with Crippen LogP contribution in [0.15, 0.2) is 97.1 Å². The molecule has 24 nitrogen and oxygen atoms in total. The van der Waals surface area contributed by atoms with E-state index in [0.717, 1.165) is 83.6 Å². The van der Waals surface area contributed by atoms with E-state index >= 15 is 0 Å². The molecule has 2 saturated heterocycles. The molecule has 2 aliphatic carbocycles. The number of fused-ring (bicyclic) bond motifs is 8. The van der Waals surface area contributed by atoms with E-state index < -0.39 is 47.9 Å². The van der Waals surface area contributed by atoms with Crippen LogP contribution in [0, 0.1) is 22.7 Å². The van der Waals surface area contributed by atoms with Gasteiger partial charge in [0.15, 0.2) is 40.8 Å². The van der Waals surface area contributed by atoms with Crippen LogP contribution in [0.5, 0.6) is 23.0 Å². The fourth-order valence-corrected chi connectivity index (χ4v) is 15.6. The number of para-hydroxylation sites is 1. The zero-order valence-corrected chi connectivity index (χ0v) is 59.6. The summed E-state index contributed by atoms with van der Waals surface area (Å²) in [4.78, 5) is 130. The van der Waals surface area contributed by atoms with Crippen molar-refractivity contribution in [2.24, 2.45) is 22.7 Å². The number of aryl methyl sites for hydroxylation is 1. The molecule has 4 fully saturated rings. The number of Topliss-reactive ketones (excluding diaryl/α,β-unsaturated/α-hetero) is 3. The number of aliphatic hydroxyl groups excluding tert-OH is 1. The van der Waals surface area contributed by atoms with Crippen molar-refractivity contribution in [2.45, 2.75) is 167 Å². The van der Waals surface area contributed by atoms with Crippen molar-refractivity contribution >= 4 is 75.7 Å². The van der Waals surface area contributed by atoms with Gasteiger partial charge in [-0.1, -0.05) is 80.6 Å². The van der Waals surface area contributed by atoms with Gasteiger partial charge < -0.3 is 59.5 Å². The predicted molar refractivity (Wildman–Crippen MR) is 382 cm³/mol. The van der Waals surface area contributed by atoms with E-state index in [1.807, 2.05) is 72.7 Å². The van der Waals surface area contributed by atoms with Gasteiger partial charge in [0, 0.05) is 93.4 Å². The third-order valence-corrected chi connectivity index (χ3v) is 22.1. The second kappa shape index (κ2) is 30.3. The monoisotopic (exact) mass is 1410 g/mol. The van der Waals surface area contributed by atoms with Crippen molar-refractivity contribution in [3.8, 4) is 23.0 Å². The predicted octanol–water partition coefficient (Wildman–Crippen LogP) is 9.16. The number of hydrogen-bond donors (Lipinski definition) is 5. The lowest BCUT2D eigenvalue weighted by Crippen LogP contribution is -2.50. The number of carbonyl (C=O) groups excluding carboxylic acids is 9. The molecule has 0 radical (unpaired) electrons. The summed E-state index contributed by atoms with van der Waals surface area (Å²) in [6, 6.07) is 27.9. The van der Waals surface area contributed by atoms with Gasteiger partial charge in [-0.25, -0.2) is 9.69 Å². The summed E-state index contributed by atoms with van der Waals surface area (Å²) in [7, 11) is 4.95. The van der Waals surface area contributed by atoms with Crippen molar-refractivity contribution in [1.29, 1.82) is 0 Å². The standard InChI is InChI=1S/C79H93N9O15/c1-47(2)58(36-55(90)42-80-69(92)26-24-54(89)25-27-70(93)85-43-52-14-8-9-15-56(52)71-72(84(4)83-82-71)57-16-10-11-17-61(57)85)73(94)81-48(3)64(91)34-49-18-20-50(21-19-49)44-103-77(98)88-62-39-68(66(100-6)38-60(62)75(96)87-46-79(30-31-79)41-63(87)76(88)97)102-33-13-7-12-32-101-67-35-51-22-23-53-40-78(28-29-78)45-86(53)74(95)59(51)37-65(67)99-5/h8-11,14-21,35,37-39,47-48,53,58,63,76,82-83,97H,7,12-13,22-34,36,40-46H2,1-6H3,(H,80,92)(H,81,94)/t48-,53+,58-,63-,76?/m0/s1. The summed E-state index contributed by atoms with van der Waals surface area (Å²) in [5, 5.41) is 19.4. The first kappa shape index (κ1) is 71.6. The lowest BCUT2D eigenvalue weighted by atomic mass is 9.89. The Morgan fingerprint density at radius 1 is 0.670 bits per heavy atom. The van der Waals surface area contributed by atoms with Gasteiger partial charge in [-0.05, 0) is 141 Å². The van der Waals surface area contributed by atoms with Gasteiger partial charge in [0.25, 0.3) is 11.8 Å². The van der Waals surface area contributed by atoms with Crippen molar-refractivity contribution in [3.63, 3.8) is 0 Å². The minimum atomic E-state index is -1.45. The number of aliphatic hydroxyl groups is 1. The highest BCUT2D eigenvalue weighted by Crippen LogP contribution is 2.58. The molecule has 6 heterocycles. The van der Waals surface area contributed by atoms with Crippen LogP contribution in [0.2, 0.25) is 0 Å². The first-order chi connectivity index (χ1) is 49.6. The molecular formula is C79H93N9O15. The third kappa shape index (κ3) is 15.5. The van der Waals surface area contributed by atoms with Crippen LogP contribution in [0.25, 0.3) is 11.4 Å². The van der Waals surface area contributed by atoms with Gasteiger partial charge in [-0.2, -0.15) is 0 Å². The molecule has 24 heteroatoms. The molecule has 6 aliphatic heterocycles. The molecule has 5 aromatic carbocycles. The topological polar surface area (TPSA) is 284 Å². The maximum absolute atomic E-state index is 14.5. The fraction of sp³-hybridized carbons (Fsp3) is 0.481. The number of methoxy groups -OCH3 is 2. The summed E-state index contributed by atoms with van der Waals surface area (Å²) in [5.41, 5.74) is 15.0. The number of anilines is 2. The van der Waals surface area contributed by atoms with E-state index in [0.29, 0.717) is 71.7 Å². The van der Waals surface area contributed by atoms with Gasteiger partial charge in [0.05, 0.1) is 80.9 Å². The number of rotatable bonds is 28. The van der Waals surface area contributed by atoms with Gasteiger partial charge in [0.2, 0.25) is 17.7 Å². The highest BCUT2D eigenvalue weighted by molar-refractivity contribution is 6.07. The smallest absolute Gasteiger partial charge is 0.416 e. The molecule has 103 heavy (non-hydrogen) atoms. The van der Waals surface area contributed by atoms with E-state index in [1.54, 1.807) is 74.1 Å². The zero-order chi connectivity index (χ0) is 72.4. The summed E-state index contributed by atoms with van der Waals surface area (Å²) in [6.07, 6.45) is 6.64. The Hall–Kier alpha value is -9.81. The number of carbonyl (C=O) groups is 9. The molecule has 5 aromatic rings. The van der Waals surface area contributed by atoms with Crippen molar-refractivity contribution in [3.05, 3.63) is 142 Å². The minimum Gasteiger partial charge on any atom is -0.493 e. The third-order valence-electron chi connectivity index (χ3n) is 22.1. The second-order valence-electron chi connectivity index (χ2n) is 29.6. The average Bonchev–Trinajstić information content (AvgIpc) is 1.59. The fourth-order valence-electron chi connectivity index (χ4n) is 15.6. The highest BCUT2D eigenvalue weighted by Gasteiger charge is 2.58. The maximum atomic E-state index is 14.5. The number of benzene rings is 5. The Labute approximate surface area is 600 Å². The number of nitrogens with one attached hydrogen (secondary N) is 4. The molecule has 1 unspecified atom stereocenters. The molecule has 544 valence electrons.